The van der Waals surface area contributed by atoms with Crippen molar-refractivity contribution in [1.29, 1.82) is 0 Å². The highest BCUT2D eigenvalue weighted by atomic mass is 19.1. The van der Waals surface area contributed by atoms with Gasteiger partial charge in [-0.3, -0.25) is 4.90 Å². The molecule has 2 aromatic carbocycles. The molecule has 1 aliphatic rings. The van der Waals surface area contributed by atoms with Crippen LogP contribution in [0.4, 0.5) is 8.78 Å². The molecule has 6 nitrogen and oxygen atoms in total. The molecule has 1 saturated heterocycles. The third kappa shape index (κ3) is 7.48. The number of aliphatic imine (C=N–C) groups is 1. The normalized spacial score (nSPS) is 15.0. The summed E-state index contributed by atoms with van der Waals surface area (Å²) >= 11 is 0. The molecule has 0 spiro atoms. The summed E-state index contributed by atoms with van der Waals surface area (Å²) in [5, 5.41) is 6.36. The lowest BCUT2D eigenvalue weighted by Gasteiger charge is -2.26. The van der Waals surface area contributed by atoms with Crippen LogP contribution < -0.4 is 15.4 Å². The van der Waals surface area contributed by atoms with Crippen molar-refractivity contribution in [3.63, 3.8) is 0 Å². The molecular weight excluding hydrogens is 402 g/mol. The number of hydrogen-bond acceptors (Lipinski definition) is 4. The summed E-state index contributed by atoms with van der Waals surface area (Å²) in [6.07, 6.45) is 0. The van der Waals surface area contributed by atoms with Gasteiger partial charge in [0.25, 0.3) is 0 Å². The average Bonchev–Trinajstić information content (AvgIpc) is 2.79. The first-order chi connectivity index (χ1) is 15.2. The quantitative estimate of drug-likeness (QED) is 0.471. The van der Waals surface area contributed by atoms with Crippen LogP contribution in [0, 0.1) is 11.6 Å². The highest BCUT2D eigenvalue weighted by Crippen LogP contribution is 2.18. The molecule has 0 aromatic heterocycles. The van der Waals surface area contributed by atoms with Gasteiger partial charge in [0.05, 0.1) is 19.8 Å². The van der Waals surface area contributed by atoms with Gasteiger partial charge in [-0.2, -0.15) is 0 Å². The summed E-state index contributed by atoms with van der Waals surface area (Å²) in [6.45, 7) is 7.99. The van der Waals surface area contributed by atoms with Gasteiger partial charge in [0.15, 0.2) is 5.96 Å². The molecule has 0 unspecified atom stereocenters. The van der Waals surface area contributed by atoms with E-state index in [2.05, 4.69) is 20.5 Å². The molecule has 0 saturated carbocycles. The van der Waals surface area contributed by atoms with Crippen molar-refractivity contribution in [1.82, 2.24) is 15.5 Å². The second kappa shape index (κ2) is 12.2. The van der Waals surface area contributed by atoms with Gasteiger partial charge in [-0.1, -0.05) is 18.2 Å². The minimum absolute atomic E-state index is 0.0383. The van der Waals surface area contributed by atoms with Crippen LogP contribution in [0.15, 0.2) is 47.5 Å². The lowest BCUT2D eigenvalue weighted by molar-refractivity contribution is 0.0322. The molecule has 8 heteroatoms. The van der Waals surface area contributed by atoms with Crippen LogP contribution in [-0.2, 0) is 17.8 Å². The summed E-state index contributed by atoms with van der Waals surface area (Å²) in [7, 11) is 0. The van der Waals surface area contributed by atoms with Crippen molar-refractivity contribution in [2.45, 2.75) is 20.0 Å². The van der Waals surface area contributed by atoms with Crippen molar-refractivity contribution >= 4 is 5.96 Å². The second-order valence-corrected chi connectivity index (χ2v) is 7.19. The lowest BCUT2D eigenvalue weighted by Crippen LogP contribution is -2.38. The van der Waals surface area contributed by atoms with E-state index in [1.54, 1.807) is 0 Å². The molecular formula is C23H30F2N4O2. The summed E-state index contributed by atoms with van der Waals surface area (Å²) in [5.74, 6) is 0.386. The zero-order chi connectivity index (χ0) is 21.9. The van der Waals surface area contributed by atoms with E-state index < -0.39 is 11.6 Å². The van der Waals surface area contributed by atoms with E-state index in [1.165, 1.54) is 6.07 Å². The number of benzene rings is 2. The van der Waals surface area contributed by atoms with Gasteiger partial charge >= 0.3 is 0 Å². The van der Waals surface area contributed by atoms with Crippen LogP contribution in [0.5, 0.6) is 5.75 Å². The zero-order valence-corrected chi connectivity index (χ0v) is 17.9. The third-order valence-corrected chi connectivity index (χ3v) is 4.95. The van der Waals surface area contributed by atoms with Crippen LogP contribution in [0.3, 0.4) is 0 Å². The summed E-state index contributed by atoms with van der Waals surface area (Å²) < 4.78 is 38.6. The first-order valence-corrected chi connectivity index (χ1v) is 10.6. The minimum atomic E-state index is -0.479. The molecule has 0 amide bonds. The Hall–Kier alpha value is -2.71. The number of para-hydroxylation sites is 1. The Morgan fingerprint density at radius 3 is 2.71 bits per heavy atom. The Kier molecular flexibility index (Phi) is 9.05. The molecule has 2 N–H and O–H groups in total. The number of guanidine groups is 1. The van der Waals surface area contributed by atoms with Crippen molar-refractivity contribution in [2.75, 3.05) is 46.0 Å². The van der Waals surface area contributed by atoms with E-state index in [4.69, 9.17) is 9.47 Å². The summed E-state index contributed by atoms with van der Waals surface area (Å²) in [5.41, 5.74) is 1.20. The molecule has 0 atom stereocenters. The van der Waals surface area contributed by atoms with Crippen LogP contribution >= 0.6 is 0 Å². The van der Waals surface area contributed by atoms with Gasteiger partial charge in [-0.15, -0.1) is 0 Å². The average molecular weight is 433 g/mol. The van der Waals surface area contributed by atoms with Crippen molar-refractivity contribution in [2.24, 2.45) is 4.99 Å². The van der Waals surface area contributed by atoms with Gasteiger partial charge in [-0.25, -0.2) is 13.8 Å². The molecule has 168 valence electrons. The molecule has 31 heavy (non-hydrogen) atoms. The van der Waals surface area contributed by atoms with Crippen LogP contribution in [-0.4, -0.2) is 56.9 Å². The first kappa shape index (κ1) is 23.0. The van der Waals surface area contributed by atoms with Gasteiger partial charge in [0.1, 0.15) is 24.0 Å². The molecule has 2 aromatic rings. The molecule has 0 radical (unpaired) electrons. The summed E-state index contributed by atoms with van der Waals surface area (Å²) in [6, 6.07) is 11.2. The number of halogens is 2. The fourth-order valence-corrected chi connectivity index (χ4v) is 3.25. The number of hydrogen-bond donors (Lipinski definition) is 2. The molecule has 3 rings (SSSR count). The van der Waals surface area contributed by atoms with Gasteiger partial charge < -0.3 is 20.1 Å². The fraction of sp³-hybridized carbons (Fsp3) is 0.435. The van der Waals surface area contributed by atoms with Crippen LogP contribution in [0.1, 0.15) is 18.1 Å². The van der Waals surface area contributed by atoms with Gasteiger partial charge in [-0.05, 0) is 31.2 Å². The Balaban J connectivity index is 1.56. The Morgan fingerprint density at radius 1 is 1.10 bits per heavy atom. The van der Waals surface area contributed by atoms with E-state index >= 15 is 0 Å². The maximum absolute atomic E-state index is 13.9. The van der Waals surface area contributed by atoms with Crippen LogP contribution in [0.2, 0.25) is 0 Å². The largest absolute Gasteiger partial charge is 0.492 e. The maximum Gasteiger partial charge on any atom is 0.191 e. The topological polar surface area (TPSA) is 58.1 Å². The van der Waals surface area contributed by atoms with E-state index in [0.717, 1.165) is 56.3 Å². The monoisotopic (exact) mass is 432 g/mol. The highest BCUT2D eigenvalue weighted by molar-refractivity contribution is 5.79. The smallest absolute Gasteiger partial charge is 0.191 e. The minimum Gasteiger partial charge on any atom is -0.492 e. The molecule has 1 aliphatic heterocycles. The predicted molar refractivity (Wildman–Crippen MR) is 117 cm³/mol. The molecule has 0 aliphatic carbocycles. The van der Waals surface area contributed by atoms with E-state index in [9.17, 15) is 8.78 Å². The number of morpholine rings is 1. The highest BCUT2D eigenvalue weighted by Gasteiger charge is 2.11. The SMILES string of the molecule is CCNC(=NCc1cc(F)ccc1F)NCc1ccccc1OCCN1CCOCC1. The molecule has 0 bridgehead atoms. The maximum atomic E-state index is 13.9. The van der Waals surface area contributed by atoms with E-state index in [1.807, 2.05) is 31.2 Å². The van der Waals surface area contributed by atoms with E-state index in [-0.39, 0.29) is 12.1 Å². The fourth-order valence-electron chi connectivity index (χ4n) is 3.25. The zero-order valence-electron chi connectivity index (χ0n) is 17.9. The van der Waals surface area contributed by atoms with Gasteiger partial charge in [0, 0.05) is 43.9 Å². The van der Waals surface area contributed by atoms with Crippen molar-refractivity contribution < 1.29 is 18.3 Å². The number of rotatable bonds is 9. The Bertz CT molecular complexity index is 857. The standard InChI is InChI=1S/C23H30F2N4O2/c1-2-26-23(28-17-19-15-20(24)7-8-21(19)25)27-16-18-5-3-4-6-22(18)31-14-11-29-9-12-30-13-10-29/h3-8,15H,2,9-14,16-17H2,1H3,(H2,26,27,28). The predicted octanol–water partition coefficient (Wildman–Crippen LogP) is 2.93. The summed E-state index contributed by atoms with van der Waals surface area (Å²) in [4.78, 5) is 6.71. The second-order valence-electron chi connectivity index (χ2n) is 7.19. The number of nitrogens with one attached hydrogen (secondary N) is 2. The van der Waals surface area contributed by atoms with Gasteiger partial charge in [0.2, 0.25) is 0 Å². The Labute approximate surface area is 182 Å². The van der Waals surface area contributed by atoms with E-state index in [0.29, 0.717) is 25.7 Å². The Morgan fingerprint density at radius 2 is 1.90 bits per heavy atom. The molecule has 1 fully saturated rings. The number of ether oxygens (including phenoxy) is 2. The molecule has 1 heterocycles. The lowest BCUT2D eigenvalue weighted by atomic mass is 10.2. The van der Waals surface area contributed by atoms with Crippen molar-refractivity contribution in [3.05, 3.63) is 65.2 Å². The van der Waals surface area contributed by atoms with Crippen LogP contribution in [0.25, 0.3) is 0 Å². The third-order valence-electron chi connectivity index (χ3n) is 4.95. The number of nitrogens with zero attached hydrogens (tertiary/aromatic N) is 2. The first-order valence-electron chi connectivity index (χ1n) is 10.6. The van der Waals surface area contributed by atoms with Crippen molar-refractivity contribution in [3.8, 4) is 5.75 Å².